The molecule has 2 heteroatoms. The normalized spacial score (nSPS) is 22.2. The van der Waals surface area contributed by atoms with E-state index in [-0.39, 0.29) is 5.60 Å². The summed E-state index contributed by atoms with van der Waals surface area (Å²) < 4.78 is 5.85. The standard InChI is InChI=1S/C18H37NO/c1-17(2,3)11-7-9-16-10-8-12-19(15-16)13-14-20-18(4,5)6/h16H,7-15H2,1-6H3. The monoisotopic (exact) mass is 283 g/mol. The van der Waals surface area contributed by atoms with E-state index in [1.165, 1.54) is 45.2 Å². The molecule has 1 aliphatic rings. The molecule has 0 aromatic carbocycles. The van der Waals surface area contributed by atoms with E-state index in [1.54, 1.807) is 0 Å². The average molecular weight is 284 g/mol. The Morgan fingerprint density at radius 2 is 1.80 bits per heavy atom. The van der Waals surface area contributed by atoms with Crippen LogP contribution in [0, 0.1) is 11.3 Å². The molecule has 0 aromatic heterocycles. The van der Waals surface area contributed by atoms with Crippen LogP contribution in [0.5, 0.6) is 0 Å². The summed E-state index contributed by atoms with van der Waals surface area (Å²) in [6.45, 7) is 18.0. The lowest BCUT2D eigenvalue weighted by Crippen LogP contribution is -2.38. The lowest BCUT2D eigenvalue weighted by atomic mass is 9.86. The molecule has 0 saturated carbocycles. The SMILES string of the molecule is CC(C)(C)CCCC1CCCN(CCOC(C)(C)C)C1. The highest BCUT2D eigenvalue weighted by molar-refractivity contribution is 4.74. The summed E-state index contributed by atoms with van der Waals surface area (Å²) in [5, 5.41) is 0. The van der Waals surface area contributed by atoms with Gasteiger partial charge in [0.15, 0.2) is 0 Å². The average Bonchev–Trinajstić information content (AvgIpc) is 2.26. The maximum Gasteiger partial charge on any atom is 0.0600 e. The zero-order valence-corrected chi connectivity index (χ0v) is 14.8. The van der Waals surface area contributed by atoms with E-state index in [4.69, 9.17) is 4.74 Å². The molecule has 1 unspecified atom stereocenters. The third kappa shape index (κ3) is 8.97. The summed E-state index contributed by atoms with van der Waals surface area (Å²) in [7, 11) is 0. The first kappa shape index (κ1) is 18.0. The Morgan fingerprint density at radius 1 is 1.10 bits per heavy atom. The Balaban J connectivity index is 2.18. The minimum Gasteiger partial charge on any atom is -0.375 e. The molecule has 0 radical (unpaired) electrons. The Hall–Kier alpha value is -0.0800. The fourth-order valence-corrected chi connectivity index (χ4v) is 2.99. The number of hydrogen-bond acceptors (Lipinski definition) is 2. The minimum absolute atomic E-state index is 0.00188. The maximum atomic E-state index is 5.85. The summed E-state index contributed by atoms with van der Waals surface area (Å²) in [6.07, 6.45) is 6.96. The van der Waals surface area contributed by atoms with Crippen LogP contribution in [0.4, 0.5) is 0 Å². The number of likely N-dealkylation sites (tertiary alicyclic amines) is 1. The molecule has 1 atom stereocenters. The Morgan fingerprint density at radius 3 is 2.40 bits per heavy atom. The molecule has 0 aliphatic carbocycles. The minimum atomic E-state index is 0.00188. The quantitative estimate of drug-likeness (QED) is 0.698. The fourth-order valence-electron chi connectivity index (χ4n) is 2.99. The third-order valence-electron chi connectivity index (χ3n) is 4.08. The number of rotatable bonds is 6. The van der Waals surface area contributed by atoms with Gasteiger partial charge < -0.3 is 9.64 Å². The van der Waals surface area contributed by atoms with Gasteiger partial charge in [0.25, 0.3) is 0 Å². The second-order valence-electron chi connectivity index (χ2n) is 8.72. The first-order chi connectivity index (χ1) is 9.16. The highest BCUT2D eigenvalue weighted by Crippen LogP contribution is 2.26. The van der Waals surface area contributed by atoms with Gasteiger partial charge in [-0.15, -0.1) is 0 Å². The summed E-state index contributed by atoms with van der Waals surface area (Å²) in [6, 6.07) is 0. The van der Waals surface area contributed by atoms with Crippen molar-refractivity contribution in [2.45, 2.75) is 79.2 Å². The Bertz CT molecular complexity index is 236. The topological polar surface area (TPSA) is 12.5 Å². The number of hydrogen-bond donors (Lipinski definition) is 0. The number of piperidine rings is 1. The van der Waals surface area contributed by atoms with Crippen molar-refractivity contribution in [3.63, 3.8) is 0 Å². The van der Waals surface area contributed by atoms with E-state index in [1.807, 2.05) is 0 Å². The van der Waals surface area contributed by atoms with E-state index in [0.717, 1.165) is 19.1 Å². The molecule has 0 bridgehead atoms. The Kier molecular flexibility index (Phi) is 7.00. The highest BCUT2D eigenvalue weighted by Gasteiger charge is 2.21. The van der Waals surface area contributed by atoms with E-state index in [9.17, 15) is 0 Å². The Labute approximate surface area is 127 Å². The molecule has 1 saturated heterocycles. The van der Waals surface area contributed by atoms with Gasteiger partial charge in [0.05, 0.1) is 12.2 Å². The molecule has 0 amide bonds. The van der Waals surface area contributed by atoms with Crippen molar-refractivity contribution in [3.8, 4) is 0 Å². The molecule has 0 N–H and O–H groups in total. The van der Waals surface area contributed by atoms with Crippen LogP contribution in [0.3, 0.4) is 0 Å². The van der Waals surface area contributed by atoms with Crippen molar-refractivity contribution in [2.24, 2.45) is 11.3 Å². The van der Waals surface area contributed by atoms with Crippen molar-refractivity contribution in [1.82, 2.24) is 4.90 Å². The molecular formula is C18H37NO. The third-order valence-corrected chi connectivity index (χ3v) is 4.08. The molecule has 0 aromatic rings. The van der Waals surface area contributed by atoms with Gasteiger partial charge in [-0.3, -0.25) is 0 Å². The highest BCUT2D eigenvalue weighted by atomic mass is 16.5. The van der Waals surface area contributed by atoms with Gasteiger partial charge >= 0.3 is 0 Å². The van der Waals surface area contributed by atoms with Crippen molar-refractivity contribution >= 4 is 0 Å². The number of ether oxygens (including phenoxy) is 1. The van der Waals surface area contributed by atoms with Crippen LogP contribution >= 0.6 is 0 Å². The van der Waals surface area contributed by atoms with Gasteiger partial charge in [-0.25, -0.2) is 0 Å². The predicted molar refractivity (Wildman–Crippen MR) is 88.2 cm³/mol. The van der Waals surface area contributed by atoms with Crippen LogP contribution in [0.2, 0.25) is 0 Å². The van der Waals surface area contributed by atoms with E-state index in [0.29, 0.717) is 5.41 Å². The predicted octanol–water partition coefficient (Wildman–Crippen LogP) is 4.73. The molecule has 120 valence electrons. The molecule has 0 spiro atoms. The smallest absolute Gasteiger partial charge is 0.0600 e. The van der Waals surface area contributed by atoms with Gasteiger partial charge in [0.1, 0.15) is 0 Å². The lowest BCUT2D eigenvalue weighted by Gasteiger charge is -2.34. The van der Waals surface area contributed by atoms with E-state index in [2.05, 4.69) is 46.4 Å². The zero-order valence-electron chi connectivity index (χ0n) is 14.8. The summed E-state index contributed by atoms with van der Waals surface area (Å²) in [5.74, 6) is 0.917. The number of nitrogens with zero attached hydrogens (tertiary/aromatic N) is 1. The van der Waals surface area contributed by atoms with Gasteiger partial charge in [0, 0.05) is 13.1 Å². The van der Waals surface area contributed by atoms with E-state index < -0.39 is 0 Å². The van der Waals surface area contributed by atoms with Crippen molar-refractivity contribution in [2.75, 3.05) is 26.2 Å². The van der Waals surface area contributed by atoms with Crippen LogP contribution in [-0.2, 0) is 4.74 Å². The second-order valence-corrected chi connectivity index (χ2v) is 8.72. The van der Waals surface area contributed by atoms with Gasteiger partial charge in [0.2, 0.25) is 0 Å². The molecule has 1 aliphatic heterocycles. The molecular weight excluding hydrogens is 246 g/mol. The fraction of sp³-hybridized carbons (Fsp3) is 1.00. The molecule has 20 heavy (non-hydrogen) atoms. The van der Waals surface area contributed by atoms with Gasteiger partial charge in [-0.05, 0) is 64.3 Å². The summed E-state index contributed by atoms with van der Waals surface area (Å²) in [4.78, 5) is 2.61. The van der Waals surface area contributed by atoms with Crippen molar-refractivity contribution in [1.29, 1.82) is 0 Å². The largest absolute Gasteiger partial charge is 0.375 e. The van der Waals surface area contributed by atoms with Crippen LogP contribution in [-0.4, -0.2) is 36.7 Å². The van der Waals surface area contributed by atoms with Crippen molar-refractivity contribution in [3.05, 3.63) is 0 Å². The lowest BCUT2D eigenvalue weighted by molar-refractivity contribution is -0.0173. The van der Waals surface area contributed by atoms with Crippen LogP contribution < -0.4 is 0 Å². The van der Waals surface area contributed by atoms with E-state index >= 15 is 0 Å². The zero-order chi connectivity index (χ0) is 15.2. The van der Waals surface area contributed by atoms with Crippen LogP contribution in [0.25, 0.3) is 0 Å². The molecule has 2 nitrogen and oxygen atoms in total. The first-order valence-corrected chi connectivity index (χ1v) is 8.52. The molecule has 1 fully saturated rings. The molecule has 1 rings (SSSR count). The maximum absolute atomic E-state index is 5.85. The summed E-state index contributed by atoms with van der Waals surface area (Å²) >= 11 is 0. The molecule has 1 heterocycles. The van der Waals surface area contributed by atoms with Gasteiger partial charge in [-0.2, -0.15) is 0 Å². The summed E-state index contributed by atoms with van der Waals surface area (Å²) in [5.41, 5.74) is 0.497. The first-order valence-electron chi connectivity index (χ1n) is 8.52. The van der Waals surface area contributed by atoms with Crippen LogP contribution in [0.15, 0.2) is 0 Å². The van der Waals surface area contributed by atoms with Crippen molar-refractivity contribution < 1.29 is 4.74 Å². The van der Waals surface area contributed by atoms with Crippen LogP contribution in [0.1, 0.15) is 73.6 Å². The van der Waals surface area contributed by atoms with Gasteiger partial charge in [-0.1, -0.05) is 27.2 Å². The second kappa shape index (κ2) is 7.79.